The van der Waals surface area contributed by atoms with E-state index in [1.165, 1.54) is 12.1 Å². The molecule has 0 spiro atoms. The predicted molar refractivity (Wildman–Crippen MR) is 115 cm³/mol. The number of halogens is 1. The van der Waals surface area contributed by atoms with Crippen molar-refractivity contribution in [1.29, 1.82) is 0 Å². The van der Waals surface area contributed by atoms with Crippen LogP contribution in [0.2, 0.25) is 0 Å². The smallest absolute Gasteiger partial charge is 0.239 e. The van der Waals surface area contributed by atoms with E-state index in [1.54, 1.807) is 23.9 Å². The first-order valence-corrected chi connectivity index (χ1v) is 10.5. The van der Waals surface area contributed by atoms with E-state index in [0.717, 1.165) is 33.4 Å². The molecule has 0 aliphatic rings. The first-order valence-electron chi connectivity index (χ1n) is 9.50. The molecule has 29 heavy (non-hydrogen) atoms. The van der Waals surface area contributed by atoms with Gasteiger partial charge in [0, 0.05) is 11.4 Å². The van der Waals surface area contributed by atoms with Gasteiger partial charge in [0.1, 0.15) is 5.82 Å². The number of carbonyl (C=O) groups is 2. The zero-order valence-electron chi connectivity index (χ0n) is 16.0. The van der Waals surface area contributed by atoms with E-state index in [2.05, 4.69) is 10.6 Å². The molecule has 0 aromatic heterocycles. The van der Waals surface area contributed by atoms with Crippen molar-refractivity contribution < 1.29 is 14.0 Å². The normalized spacial score (nSPS) is 10.7. The van der Waals surface area contributed by atoms with E-state index in [-0.39, 0.29) is 30.6 Å². The first kappa shape index (κ1) is 20.9. The fourth-order valence-corrected chi connectivity index (χ4v) is 3.80. The van der Waals surface area contributed by atoms with Crippen molar-refractivity contribution in [2.45, 2.75) is 17.7 Å². The van der Waals surface area contributed by atoms with Gasteiger partial charge in [-0.3, -0.25) is 9.59 Å². The maximum Gasteiger partial charge on any atom is 0.239 e. The third-order valence-electron chi connectivity index (χ3n) is 4.40. The molecule has 0 heterocycles. The summed E-state index contributed by atoms with van der Waals surface area (Å²) in [6.07, 6.45) is 1.03. The number of fused-ring (bicyclic) bond motifs is 1. The standard InChI is InChI=1S/C23H23FN2O2S/c24-19-9-11-20(12-10-19)29-14-4-13-25-23(28)16-26-22(27)15-18-7-3-6-17-5-1-2-8-21(17)18/h1-3,5-12H,4,13-16H2,(H,25,28)(H,26,27). The SMILES string of the molecule is O=C(CNC(=O)Cc1cccc2ccccc12)NCCCSc1ccc(F)cc1. The van der Waals surface area contributed by atoms with Crippen molar-refractivity contribution in [3.63, 3.8) is 0 Å². The van der Waals surface area contributed by atoms with Crippen LogP contribution in [0.3, 0.4) is 0 Å². The minimum atomic E-state index is -0.246. The van der Waals surface area contributed by atoms with Gasteiger partial charge in [-0.2, -0.15) is 0 Å². The maximum atomic E-state index is 12.9. The van der Waals surface area contributed by atoms with Crippen molar-refractivity contribution >= 4 is 34.3 Å². The van der Waals surface area contributed by atoms with Gasteiger partial charge in [0.25, 0.3) is 0 Å². The number of thioether (sulfide) groups is 1. The van der Waals surface area contributed by atoms with Crippen molar-refractivity contribution in [2.24, 2.45) is 0 Å². The largest absolute Gasteiger partial charge is 0.355 e. The lowest BCUT2D eigenvalue weighted by molar-refractivity contribution is -0.125. The Labute approximate surface area is 173 Å². The Bertz CT molecular complexity index is 971. The molecule has 4 nitrogen and oxygen atoms in total. The van der Waals surface area contributed by atoms with Gasteiger partial charge in [-0.25, -0.2) is 4.39 Å². The molecule has 0 saturated carbocycles. The summed E-state index contributed by atoms with van der Waals surface area (Å²) >= 11 is 1.61. The van der Waals surface area contributed by atoms with Gasteiger partial charge in [0.05, 0.1) is 13.0 Å². The number of rotatable bonds is 9. The summed E-state index contributed by atoms with van der Waals surface area (Å²) in [5.74, 6) is 0.190. The van der Waals surface area contributed by atoms with Crippen LogP contribution in [0.15, 0.2) is 71.6 Å². The molecule has 0 fully saturated rings. The topological polar surface area (TPSA) is 58.2 Å². The molecule has 0 bridgehead atoms. The lowest BCUT2D eigenvalue weighted by Crippen LogP contribution is -2.38. The second-order valence-electron chi connectivity index (χ2n) is 6.60. The molecule has 0 aliphatic heterocycles. The molecule has 3 aromatic carbocycles. The van der Waals surface area contributed by atoms with Crippen molar-refractivity contribution in [3.05, 3.63) is 78.1 Å². The third-order valence-corrected chi connectivity index (χ3v) is 5.50. The van der Waals surface area contributed by atoms with Crippen molar-refractivity contribution in [1.82, 2.24) is 10.6 Å². The van der Waals surface area contributed by atoms with Crippen LogP contribution >= 0.6 is 11.8 Å². The minimum Gasteiger partial charge on any atom is -0.355 e. The monoisotopic (exact) mass is 410 g/mol. The Balaban J connectivity index is 1.33. The highest BCUT2D eigenvalue weighted by Crippen LogP contribution is 2.19. The van der Waals surface area contributed by atoms with Crippen LogP contribution in [0.5, 0.6) is 0 Å². The lowest BCUT2D eigenvalue weighted by Gasteiger charge is -2.09. The van der Waals surface area contributed by atoms with E-state index in [1.807, 2.05) is 42.5 Å². The van der Waals surface area contributed by atoms with Gasteiger partial charge < -0.3 is 10.6 Å². The third kappa shape index (κ3) is 6.61. The quantitative estimate of drug-likeness (QED) is 0.415. The van der Waals surface area contributed by atoms with Gasteiger partial charge in [0.15, 0.2) is 0 Å². The van der Waals surface area contributed by atoms with Gasteiger partial charge in [0.2, 0.25) is 11.8 Å². The highest BCUT2D eigenvalue weighted by Gasteiger charge is 2.08. The molecule has 0 radical (unpaired) electrons. The van der Waals surface area contributed by atoms with Crippen LogP contribution in [0, 0.1) is 5.82 Å². The lowest BCUT2D eigenvalue weighted by atomic mass is 10.0. The van der Waals surface area contributed by atoms with Gasteiger partial charge in [-0.15, -0.1) is 11.8 Å². The van der Waals surface area contributed by atoms with E-state index in [4.69, 9.17) is 0 Å². The molecule has 6 heteroatoms. The van der Waals surface area contributed by atoms with Gasteiger partial charge in [-0.1, -0.05) is 42.5 Å². The van der Waals surface area contributed by atoms with Crippen LogP contribution in [0.4, 0.5) is 4.39 Å². The number of nitrogens with one attached hydrogen (secondary N) is 2. The highest BCUT2D eigenvalue weighted by molar-refractivity contribution is 7.99. The molecule has 0 atom stereocenters. The second-order valence-corrected chi connectivity index (χ2v) is 7.77. The summed E-state index contributed by atoms with van der Waals surface area (Å²) in [4.78, 5) is 25.1. The fourth-order valence-electron chi connectivity index (χ4n) is 2.94. The van der Waals surface area contributed by atoms with Crippen LogP contribution in [0.1, 0.15) is 12.0 Å². The molecule has 0 unspecified atom stereocenters. The molecular formula is C23H23FN2O2S. The van der Waals surface area contributed by atoms with Crippen LogP contribution < -0.4 is 10.6 Å². The van der Waals surface area contributed by atoms with Crippen molar-refractivity contribution in [2.75, 3.05) is 18.8 Å². The van der Waals surface area contributed by atoms with Gasteiger partial charge in [-0.05, 0) is 52.8 Å². The number of amides is 2. The summed E-state index contributed by atoms with van der Waals surface area (Å²) in [6, 6.07) is 20.2. The fraction of sp³-hybridized carbons (Fsp3) is 0.217. The molecule has 2 amide bonds. The second kappa shape index (κ2) is 10.6. The summed E-state index contributed by atoms with van der Waals surface area (Å²) in [5.41, 5.74) is 0.943. The zero-order valence-corrected chi connectivity index (χ0v) is 16.8. The summed E-state index contributed by atoms with van der Waals surface area (Å²) in [7, 11) is 0. The highest BCUT2D eigenvalue weighted by atomic mass is 32.2. The summed E-state index contributed by atoms with van der Waals surface area (Å²) in [6.45, 7) is 0.501. The molecule has 0 saturated heterocycles. The Kier molecular flexibility index (Phi) is 7.64. The van der Waals surface area contributed by atoms with Crippen molar-refractivity contribution in [3.8, 4) is 0 Å². The maximum absolute atomic E-state index is 12.9. The minimum absolute atomic E-state index is 0.0330. The Morgan fingerprint density at radius 2 is 1.62 bits per heavy atom. The van der Waals surface area contributed by atoms with Crippen LogP contribution in [0.25, 0.3) is 10.8 Å². The average molecular weight is 411 g/mol. The molecule has 0 aliphatic carbocycles. The molecule has 150 valence electrons. The van der Waals surface area contributed by atoms with E-state index in [0.29, 0.717) is 6.54 Å². The Hall–Kier alpha value is -2.86. The number of hydrogen-bond acceptors (Lipinski definition) is 3. The predicted octanol–water partition coefficient (Wildman–Crippen LogP) is 3.94. The van der Waals surface area contributed by atoms with Crippen LogP contribution in [-0.4, -0.2) is 30.7 Å². The Morgan fingerprint density at radius 1 is 0.862 bits per heavy atom. The molecule has 2 N–H and O–H groups in total. The Morgan fingerprint density at radius 3 is 2.45 bits per heavy atom. The van der Waals surface area contributed by atoms with Crippen LogP contribution in [-0.2, 0) is 16.0 Å². The van der Waals surface area contributed by atoms with Gasteiger partial charge >= 0.3 is 0 Å². The molecular weight excluding hydrogens is 387 g/mol. The average Bonchev–Trinajstić information content (AvgIpc) is 2.74. The number of carbonyl (C=O) groups excluding carboxylic acids is 2. The van der Waals surface area contributed by atoms with E-state index in [9.17, 15) is 14.0 Å². The first-order chi connectivity index (χ1) is 14.1. The summed E-state index contributed by atoms with van der Waals surface area (Å²) < 4.78 is 12.9. The van der Waals surface area contributed by atoms with E-state index < -0.39 is 0 Å². The zero-order chi connectivity index (χ0) is 20.5. The number of hydrogen-bond donors (Lipinski definition) is 2. The number of benzene rings is 3. The summed E-state index contributed by atoms with van der Waals surface area (Å²) in [5, 5.41) is 7.62. The molecule has 3 aromatic rings. The van der Waals surface area contributed by atoms with E-state index >= 15 is 0 Å². The molecule has 3 rings (SSSR count).